The number of benzene rings is 1. The van der Waals surface area contributed by atoms with Crippen molar-refractivity contribution in [2.75, 3.05) is 0 Å². The van der Waals surface area contributed by atoms with Crippen LogP contribution in [0.2, 0.25) is 5.02 Å². The highest BCUT2D eigenvalue weighted by Crippen LogP contribution is 2.26. The summed E-state index contributed by atoms with van der Waals surface area (Å²) in [6.45, 7) is 2.15. The van der Waals surface area contributed by atoms with E-state index < -0.39 is 0 Å². The lowest BCUT2D eigenvalue weighted by atomic mass is 10.1. The number of hydrogen-bond acceptors (Lipinski definition) is 0. The summed E-state index contributed by atoms with van der Waals surface area (Å²) in [4.78, 5) is 0. The second-order valence-electron chi connectivity index (χ2n) is 3.36. The van der Waals surface area contributed by atoms with Crippen LogP contribution in [-0.4, -0.2) is 0 Å². The molecule has 0 amide bonds. The first-order chi connectivity index (χ1) is 6.25. The number of halogens is 1. The maximum atomic E-state index is 5.81. The van der Waals surface area contributed by atoms with Gasteiger partial charge in [-0.2, -0.15) is 0 Å². The Hall–Kier alpha value is -1.01. The second kappa shape index (κ2) is 3.39. The monoisotopic (exact) mass is 190 g/mol. The summed E-state index contributed by atoms with van der Waals surface area (Å²) in [5.74, 6) is 0. The van der Waals surface area contributed by atoms with Gasteiger partial charge in [0.15, 0.2) is 0 Å². The van der Waals surface area contributed by atoms with Gasteiger partial charge in [-0.15, -0.1) is 0 Å². The first-order valence-electron chi connectivity index (χ1n) is 4.39. The summed E-state index contributed by atoms with van der Waals surface area (Å²) in [6, 6.07) is 7.98. The van der Waals surface area contributed by atoms with Gasteiger partial charge in [0.05, 0.1) is 0 Å². The van der Waals surface area contributed by atoms with E-state index in [9.17, 15) is 0 Å². The van der Waals surface area contributed by atoms with Crippen molar-refractivity contribution in [3.05, 3.63) is 52.6 Å². The normalized spacial score (nSPS) is 15.5. The molecular weight excluding hydrogens is 180 g/mol. The highest BCUT2D eigenvalue weighted by Gasteiger charge is 2.04. The molecule has 1 heteroatoms. The van der Waals surface area contributed by atoms with Crippen molar-refractivity contribution in [2.24, 2.45) is 0 Å². The Morgan fingerprint density at radius 3 is 2.38 bits per heavy atom. The minimum atomic E-state index is 0.794. The highest BCUT2D eigenvalue weighted by molar-refractivity contribution is 6.30. The van der Waals surface area contributed by atoms with Crippen molar-refractivity contribution in [2.45, 2.75) is 13.3 Å². The molecule has 0 atom stereocenters. The number of rotatable bonds is 1. The Balaban J connectivity index is 2.32. The molecular formula is C12H11Cl. The molecule has 0 heterocycles. The van der Waals surface area contributed by atoms with Crippen LogP contribution < -0.4 is 0 Å². The topological polar surface area (TPSA) is 0 Å². The van der Waals surface area contributed by atoms with E-state index in [0.29, 0.717) is 0 Å². The smallest absolute Gasteiger partial charge is 0.0406 e. The summed E-state index contributed by atoms with van der Waals surface area (Å²) in [6.07, 6.45) is 5.56. The van der Waals surface area contributed by atoms with Gasteiger partial charge in [0, 0.05) is 5.02 Å². The van der Waals surface area contributed by atoms with Crippen LogP contribution in [0.25, 0.3) is 5.57 Å². The van der Waals surface area contributed by atoms with Crippen LogP contribution in [0.15, 0.2) is 42.0 Å². The molecule has 0 N–H and O–H groups in total. The van der Waals surface area contributed by atoms with E-state index in [1.165, 1.54) is 16.7 Å². The van der Waals surface area contributed by atoms with Crippen LogP contribution in [0.5, 0.6) is 0 Å². The van der Waals surface area contributed by atoms with Crippen LogP contribution in [0.4, 0.5) is 0 Å². The van der Waals surface area contributed by atoms with Gasteiger partial charge in [-0.1, -0.05) is 41.5 Å². The average molecular weight is 191 g/mol. The molecule has 0 aliphatic heterocycles. The molecule has 13 heavy (non-hydrogen) atoms. The SMILES string of the molecule is CC1=CC(c2ccc(Cl)cc2)=CC1. The van der Waals surface area contributed by atoms with Crippen LogP contribution in [0.1, 0.15) is 18.9 Å². The third kappa shape index (κ3) is 1.84. The molecule has 0 saturated carbocycles. The zero-order chi connectivity index (χ0) is 9.26. The summed E-state index contributed by atoms with van der Waals surface area (Å²) in [5.41, 5.74) is 3.99. The zero-order valence-corrected chi connectivity index (χ0v) is 8.31. The van der Waals surface area contributed by atoms with E-state index in [-0.39, 0.29) is 0 Å². The fourth-order valence-corrected chi connectivity index (χ4v) is 1.62. The van der Waals surface area contributed by atoms with Gasteiger partial charge in [0.1, 0.15) is 0 Å². The first-order valence-corrected chi connectivity index (χ1v) is 4.77. The van der Waals surface area contributed by atoms with Crippen LogP contribution in [-0.2, 0) is 0 Å². The number of hydrogen-bond donors (Lipinski definition) is 0. The largest absolute Gasteiger partial charge is 0.0843 e. The van der Waals surface area contributed by atoms with E-state index in [1.54, 1.807) is 0 Å². The standard InChI is InChI=1S/C12H11Cl/c1-9-2-3-11(8-9)10-4-6-12(13)7-5-10/h3-8H,2H2,1H3. The molecule has 2 rings (SSSR count). The van der Waals surface area contributed by atoms with Gasteiger partial charge < -0.3 is 0 Å². The molecule has 0 spiro atoms. The van der Waals surface area contributed by atoms with Crippen molar-refractivity contribution in [3.63, 3.8) is 0 Å². The first kappa shape index (κ1) is 8.58. The Morgan fingerprint density at radius 2 is 1.85 bits per heavy atom. The molecule has 1 aromatic rings. The van der Waals surface area contributed by atoms with Gasteiger partial charge in [0.25, 0.3) is 0 Å². The molecule has 0 radical (unpaired) electrons. The molecule has 0 nitrogen and oxygen atoms in total. The highest BCUT2D eigenvalue weighted by atomic mass is 35.5. The predicted octanol–water partition coefficient (Wildman–Crippen LogP) is 4.07. The Labute approximate surface area is 83.5 Å². The summed E-state index contributed by atoms with van der Waals surface area (Å²) < 4.78 is 0. The van der Waals surface area contributed by atoms with E-state index in [4.69, 9.17) is 11.6 Å². The van der Waals surface area contributed by atoms with Crippen molar-refractivity contribution in [1.82, 2.24) is 0 Å². The molecule has 1 aliphatic rings. The van der Waals surface area contributed by atoms with Crippen LogP contribution >= 0.6 is 11.6 Å². The molecule has 0 bridgehead atoms. The fraction of sp³-hybridized carbons (Fsp3) is 0.167. The van der Waals surface area contributed by atoms with Crippen LogP contribution in [0, 0.1) is 0 Å². The molecule has 0 aromatic heterocycles. The molecule has 1 aromatic carbocycles. The van der Waals surface area contributed by atoms with Crippen molar-refractivity contribution < 1.29 is 0 Å². The molecule has 66 valence electrons. The quantitative estimate of drug-likeness (QED) is 0.626. The lowest BCUT2D eigenvalue weighted by Gasteiger charge is -1.98. The summed E-state index contributed by atoms with van der Waals surface area (Å²) in [7, 11) is 0. The van der Waals surface area contributed by atoms with Crippen molar-refractivity contribution in [3.8, 4) is 0 Å². The molecule has 1 aliphatic carbocycles. The molecule has 0 saturated heterocycles. The fourth-order valence-electron chi connectivity index (χ4n) is 1.50. The van der Waals surface area contributed by atoms with Gasteiger partial charge in [-0.3, -0.25) is 0 Å². The van der Waals surface area contributed by atoms with E-state index in [0.717, 1.165) is 11.4 Å². The lowest BCUT2D eigenvalue weighted by molar-refractivity contribution is 1.25. The molecule has 0 unspecified atom stereocenters. The average Bonchev–Trinajstić information content (AvgIpc) is 2.53. The van der Waals surface area contributed by atoms with Gasteiger partial charge in [-0.25, -0.2) is 0 Å². The van der Waals surface area contributed by atoms with Gasteiger partial charge >= 0.3 is 0 Å². The number of allylic oxidation sites excluding steroid dienone is 4. The van der Waals surface area contributed by atoms with E-state index >= 15 is 0 Å². The Kier molecular flexibility index (Phi) is 2.24. The second-order valence-corrected chi connectivity index (χ2v) is 3.80. The minimum absolute atomic E-state index is 0.794. The Bertz CT molecular complexity index is 369. The van der Waals surface area contributed by atoms with E-state index in [1.807, 2.05) is 12.1 Å². The van der Waals surface area contributed by atoms with Crippen LogP contribution in [0.3, 0.4) is 0 Å². The van der Waals surface area contributed by atoms with Gasteiger partial charge in [-0.05, 0) is 36.6 Å². The predicted molar refractivity (Wildman–Crippen MR) is 57.8 cm³/mol. The Morgan fingerprint density at radius 1 is 1.15 bits per heavy atom. The maximum absolute atomic E-state index is 5.81. The third-order valence-corrected chi connectivity index (χ3v) is 2.48. The summed E-state index contributed by atoms with van der Waals surface area (Å²) in [5, 5.41) is 0.794. The maximum Gasteiger partial charge on any atom is 0.0406 e. The van der Waals surface area contributed by atoms with Crippen molar-refractivity contribution >= 4 is 17.2 Å². The lowest BCUT2D eigenvalue weighted by Crippen LogP contribution is -1.76. The minimum Gasteiger partial charge on any atom is -0.0843 e. The van der Waals surface area contributed by atoms with Crippen molar-refractivity contribution in [1.29, 1.82) is 0 Å². The third-order valence-electron chi connectivity index (χ3n) is 2.22. The zero-order valence-electron chi connectivity index (χ0n) is 7.55. The molecule has 0 fully saturated rings. The van der Waals surface area contributed by atoms with Gasteiger partial charge in [0.2, 0.25) is 0 Å². The van der Waals surface area contributed by atoms with E-state index in [2.05, 4.69) is 31.2 Å². The summed E-state index contributed by atoms with van der Waals surface area (Å²) >= 11 is 5.81.